The van der Waals surface area contributed by atoms with Crippen LogP contribution in [0.5, 0.6) is 5.75 Å². The number of fused-ring (bicyclic) bond motifs is 1. The molecule has 6 nitrogen and oxygen atoms in total. The van der Waals surface area contributed by atoms with Gasteiger partial charge < -0.3 is 10.4 Å². The number of aryl methyl sites for hydroxylation is 1. The van der Waals surface area contributed by atoms with Crippen LogP contribution in [0, 0.1) is 12.3 Å². The third-order valence-electron chi connectivity index (χ3n) is 5.59. The van der Waals surface area contributed by atoms with Crippen molar-refractivity contribution in [3.63, 3.8) is 0 Å². The molecule has 0 spiro atoms. The van der Waals surface area contributed by atoms with Gasteiger partial charge in [-0.3, -0.25) is 4.79 Å². The molecule has 0 amide bonds. The third kappa shape index (κ3) is 2.97. The van der Waals surface area contributed by atoms with Crippen molar-refractivity contribution in [2.24, 2.45) is 5.41 Å². The fourth-order valence-electron chi connectivity index (χ4n) is 4.28. The van der Waals surface area contributed by atoms with Crippen LogP contribution in [0.4, 0.5) is 5.95 Å². The van der Waals surface area contributed by atoms with E-state index < -0.39 is 0 Å². The molecule has 3 aromatic rings. The van der Waals surface area contributed by atoms with Gasteiger partial charge in [-0.2, -0.15) is 4.98 Å². The summed E-state index contributed by atoms with van der Waals surface area (Å²) >= 11 is 1.64. The van der Waals surface area contributed by atoms with Crippen LogP contribution < -0.4 is 5.32 Å². The fourth-order valence-corrected chi connectivity index (χ4v) is 5.30. The van der Waals surface area contributed by atoms with E-state index >= 15 is 0 Å². The molecule has 1 aliphatic carbocycles. The molecule has 5 rings (SSSR count). The number of thiophene rings is 1. The molecule has 148 valence electrons. The lowest BCUT2D eigenvalue weighted by Gasteiger charge is -2.38. The quantitative estimate of drug-likeness (QED) is 0.646. The SMILES string of the molecule is Cc1ccsc1C1C2=C(CC(C)(C)CC2=O)Nc2nc(-c3cccc(O)c3)nn21. The van der Waals surface area contributed by atoms with E-state index in [1.165, 1.54) is 0 Å². The molecule has 7 heteroatoms. The first kappa shape index (κ1) is 18.1. The zero-order valence-corrected chi connectivity index (χ0v) is 17.4. The van der Waals surface area contributed by atoms with Crippen LogP contribution >= 0.6 is 11.3 Å². The van der Waals surface area contributed by atoms with E-state index in [2.05, 4.69) is 37.5 Å². The van der Waals surface area contributed by atoms with E-state index in [1.54, 1.807) is 29.5 Å². The Balaban J connectivity index is 1.69. The number of carbonyl (C=O) groups is 1. The third-order valence-corrected chi connectivity index (χ3v) is 6.66. The molecule has 3 heterocycles. The van der Waals surface area contributed by atoms with E-state index in [0.29, 0.717) is 18.2 Å². The van der Waals surface area contributed by atoms with Gasteiger partial charge in [0.05, 0.1) is 0 Å². The van der Waals surface area contributed by atoms with Crippen molar-refractivity contribution in [1.82, 2.24) is 14.8 Å². The zero-order chi connectivity index (χ0) is 20.3. The molecule has 0 saturated carbocycles. The molecule has 2 aliphatic rings. The number of anilines is 1. The van der Waals surface area contributed by atoms with Gasteiger partial charge in [-0.1, -0.05) is 26.0 Å². The van der Waals surface area contributed by atoms with E-state index in [9.17, 15) is 9.90 Å². The van der Waals surface area contributed by atoms with Gasteiger partial charge >= 0.3 is 0 Å². The number of hydrogen-bond acceptors (Lipinski definition) is 6. The Morgan fingerprint density at radius 3 is 2.83 bits per heavy atom. The topological polar surface area (TPSA) is 80.0 Å². The maximum absolute atomic E-state index is 13.2. The molecule has 2 N–H and O–H groups in total. The van der Waals surface area contributed by atoms with Crippen LogP contribution in [0.15, 0.2) is 47.0 Å². The summed E-state index contributed by atoms with van der Waals surface area (Å²) in [5.41, 5.74) is 3.54. The fraction of sp³-hybridized carbons (Fsp3) is 0.318. The van der Waals surface area contributed by atoms with Crippen LogP contribution in [0.25, 0.3) is 11.4 Å². The molecule has 1 unspecified atom stereocenters. The van der Waals surface area contributed by atoms with Crippen molar-refractivity contribution >= 4 is 23.1 Å². The number of benzene rings is 1. The highest BCUT2D eigenvalue weighted by Crippen LogP contribution is 2.47. The average molecular weight is 407 g/mol. The van der Waals surface area contributed by atoms with E-state index in [-0.39, 0.29) is 23.0 Å². The monoisotopic (exact) mass is 406 g/mol. The van der Waals surface area contributed by atoms with Crippen molar-refractivity contribution in [2.75, 3.05) is 5.32 Å². The number of Topliss-reactive ketones (excluding diaryl/α,β-unsaturated/α-hetero) is 1. The molecule has 2 aromatic heterocycles. The number of aromatic nitrogens is 3. The van der Waals surface area contributed by atoms with Crippen LogP contribution in [-0.4, -0.2) is 25.7 Å². The average Bonchev–Trinajstić information content (AvgIpc) is 3.25. The summed E-state index contributed by atoms with van der Waals surface area (Å²) in [6, 6.07) is 8.71. The normalized spacial score (nSPS) is 20.2. The predicted molar refractivity (Wildman–Crippen MR) is 113 cm³/mol. The second kappa shape index (κ2) is 6.29. The summed E-state index contributed by atoms with van der Waals surface area (Å²) in [5.74, 6) is 1.49. The molecule has 29 heavy (non-hydrogen) atoms. The summed E-state index contributed by atoms with van der Waals surface area (Å²) in [6.07, 6.45) is 1.32. The lowest BCUT2D eigenvalue weighted by atomic mass is 9.73. The summed E-state index contributed by atoms with van der Waals surface area (Å²) in [4.78, 5) is 19.0. The molecule has 0 saturated heterocycles. The van der Waals surface area contributed by atoms with Crippen LogP contribution in [0.3, 0.4) is 0 Å². The van der Waals surface area contributed by atoms with Crippen molar-refractivity contribution < 1.29 is 9.90 Å². The van der Waals surface area contributed by atoms with Gasteiger partial charge in [0, 0.05) is 28.1 Å². The number of rotatable bonds is 2. The Bertz CT molecular complexity index is 1170. The zero-order valence-electron chi connectivity index (χ0n) is 16.6. The Hall–Kier alpha value is -2.93. The Morgan fingerprint density at radius 2 is 2.10 bits per heavy atom. The first-order valence-corrected chi connectivity index (χ1v) is 10.5. The van der Waals surface area contributed by atoms with Gasteiger partial charge in [0.15, 0.2) is 11.6 Å². The number of ketones is 1. The first-order chi connectivity index (χ1) is 13.8. The smallest absolute Gasteiger partial charge is 0.226 e. The number of phenols is 1. The number of carbonyl (C=O) groups excluding carboxylic acids is 1. The Labute approximate surface area is 172 Å². The summed E-state index contributed by atoms with van der Waals surface area (Å²) in [7, 11) is 0. The molecule has 0 bridgehead atoms. The van der Waals surface area contributed by atoms with Gasteiger partial charge in [0.1, 0.15) is 11.8 Å². The Morgan fingerprint density at radius 1 is 1.28 bits per heavy atom. The largest absolute Gasteiger partial charge is 0.508 e. The number of allylic oxidation sites excluding steroid dienone is 2. The molecule has 1 atom stereocenters. The standard InChI is InChI=1S/C22H22N4O2S/c1-12-7-8-29-19(12)18-17-15(10-22(2,3)11-16(17)28)23-21-24-20(25-26(18)21)13-5-4-6-14(27)9-13/h4-9,18,27H,10-11H2,1-3H3,(H,23,24,25). The molecule has 0 fully saturated rings. The van der Waals surface area contributed by atoms with Crippen molar-refractivity contribution in [3.8, 4) is 17.1 Å². The molecule has 0 radical (unpaired) electrons. The van der Waals surface area contributed by atoms with Crippen LogP contribution in [0.2, 0.25) is 0 Å². The number of hydrogen-bond donors (Lipinski definition) is 2. The van der Waals surface area contributed by atoms with Gasteiger partial charge in [-0.25, -0.2) is 4.68 Å². The minimum absolute atomic E-state index is 0.0891. The number of nitrogens with one attached hydrogen (secondary N) is 1. The van der Waals surface area contributed by atoms with Gasteiger partial charge in [-0.05, 0) is 47.9 Å². The van der Waals surface area contributed by atoms with Crippen molar-refractivity contribution in [3.05, 3.63) is 57.4 Å². The molecule has 1 aliphatic heterocycles. The molecular weight excluding hydrogens is 384 g/mol. The molecular formula is C22H22N4O2S. The summed E-state index contributed by atoms with van der Waals surface area (Å²) in [6.45, 7) is 6.32. The van der Waals surface area contributed by atoms with Gasteiger partial charge in [-0.15, -0.1) is 16.4 Å². The van der Waals surface area contributed by atoms with E-state index in [4.69, 9.17) is 10.1 Å². The van der Waals surface area contributed by atoms with Crippen LogP contribution in [-0.2, 0) is 4.79 Å². The second-order valence-corrected chi connectivity index (χ2v) is 9.53. The number of phenolic OH excluding ortho intramolecular Hbond substituents is 1. The highest BCUT2D eigenvalue weighted by Gasteiger charge is 2.42. The predicted octanol–water partition coefficient (Wildman–Crippen LogP) is 4.68. The highest BCUT2D eigenvalue weighted by atomic mass is 32.1. The molecule has 1 aromatic carbocycles. The highest BCUT2D eigenvalue weighted by molar-refractivity contribution is 7.10. The maximum atomic E-state index is 13.2. The Kier molecular flexibility index (Phi) is 3.93. The van der Waals surface area contributed by atoms with Crippen molar-refractivity contribution in [2.45, 2.75) is 39.7 Å². The number of nitrogens with zero attached hydrogens (tertiary/aromatic N) is 3. The first-order valence-electron chi connectivity index (χ1n) is 9.66. The lowest BCUT2D eigenvalue weighted by molar-refractivity contribution is -0.118. The van der Waals surface area contributed by atoms with E-state index in [1.807, 2.05) is 10.7 Å². The van der Waals surface area contributed by atoms with Crippen LogP contribution in [0.1, 0.15) is 43.2 Å². The van der Waals surface area contributed by atoms with Crippen molar-refractivity contribution in [1.29, 1.82) is 0 Å². The van der Waals surface area contributed by atoms with E-state index in [0.717, 1.165) is 33.7 Å². The summed E-state index contributed by atoms with van der Waals surface area (Å²) in [5, 5.41) is 20.0. The van der Waals surface area contributed by atoms with Gasteiger partial charge in [0.2, 0.25) is 5.95 Å². The minimum Gasteiger partial charge on any atom is -0.508 e. The lowest BCUT2D eigenvalue weighted by Crippen LogP contribution is -2.36. The van der Waals surface area contributed by atoms with Gasteiger partial charge in [0.25, 0.3) is 0 Å². The maximum Gasteiger partial charge on any atom is 0.226 e. The minimum atomic E-state index is -0.275. The second-order valence-electron chi connectivity index (χ2n) is 8.58. The summed E-state index contributed by atoms with van der Waals surface area (Å²) < 4.78 is 1.83. The number of aromatic hydroxyl groups is 1.